The van der Waals surface area contributed by atoms with Gasteiger partial charge in [-0.15, -0.1) is 0 Å². The van der Waals surface area contributed by atoms with Crippen LogP contribution in [0.5, 0.6) is 0 Å². The molecule has 0 aliphatic heterocycles. The van der Waals surface area contributed by atoms with Gasteiger partial charge in [-0.1, -0.05) is 47.5 Å². The van der Waals surface area contributed by atoms with E-state index in [4.69, 9.17) is 4.74 Å². The predicted octanol–water partition coefficient (Wildman–Crippen LogP) is 4.65. The Kier molecular flexibility index (Phi) is 5.68. The minimum Gasteiger partial charge on any atom is -0.372 e. The standard InChI is InChI=1S/C20H22O2/c1-15-9-16(2)11-19(10-15)20(21)12-17(3)13-22-14-18-7-5-4-6-8-18/h4-12H,13-14H2,1-3H3. The van der Waals surface area contributed by atoms with E-state index in [0.717, 1.165) is 27.8 Å². The molecule has 2 heteroatoms. The number of rotatable bonds is 6. The summed E-state index contributed by atoms with van der Waals surface area (Å²) in [4.78, 5) is 12.3. The van der Waals surface area contributed by atoms with Gasteiger partial charge >= 0.3 is 0 Å². The first-order valence-electron chi connectivity index (χ1n) is 7.46. The van der Waals surface area contributed by atoms with Crippen molar-refractivity contribution in [2.75, 3.05) is 6.61 Å². The second kappa shape index (κ2) is 7.71. The smallest absolute Gasteiger partial charge is 0.185 e. The van der Waals surface area contributed by atoms with E-state index in [2.05, 4.69) is 6.07 Å². The first-order valence-corrected chi connectivity index (χ1v) is 7.46. The van der Waals surface area contributed by atoms with Crippen molar-refractivity contribution in [3.8, 4) is 0 Å². The third kappa shape index (κ3) is 4.97. The number of allylic oxidation sites excluding steroid dienone is 1. The van der Waals surface area contributed by atoms with Crippen LogP contribution in [0.3, 0.4) is 0 Å². The van der Waals surface area contributed by atoms with Crippen molar-refractivity contribution in [2.24, 2.45) is 0 Å². The van der Waals surface area contributed by atoms with E-state index in [0.29, 0.717) is 13.2 Å². The second-order valence-electron chi connectivity index (χ2n) is 5.71. The van der Waals surface area contributed by atoms with Crippen LogP contribution < -0.4 is 0 Å². The molecule has 0 unspecified atom stereocenters. The lowest BCUT2D eigenvalue weighted by Crippen LogP contribution is -2.01. The molecule has 0 amide bonds. The quantitative estimate of drug-likeness (QED) is 0.572. The lowest BCUT2D eigenvalue weighted by Gasteiger charge is -2.05. The zero-order valence-corrected chi connectivity index (χ0v) is 13.4. The Morgan fingerprint density at radius 2 is 1.68 bits per heavy atom. The SMILES string of the molecule is CC(=CC(=O)c1cc(C)cc(C)c1)COCc1ccccc1. The maximum absolute atomic E-state index is 12.3. The molecule has 0 spiro atoms. The summed E-state index contributed by atoms with van der Waals surface area (Å²) in [5.74, 6) is 0.0348. The van der Waals surface area contributed by atoms with E-state index in [-0.39, 0.29) is 5.78 Å². The van der Waals surface area contributed by atoms with E-state index in [1.807, 2.05) is 63.2 Å². The first-order chi connectivity index (χ1) is 10.5. The molecular formula is C20H22O2. The van der Waals surface area contributed by atoms with Crippen LogP contribution in [-0.2, 0) is 11.3 Å². The van der Waals surface area contributed by atoms with Gasteiger partial charge in [-0.05, 0) is 50.1 Å². The minimum absolute atomic E-state index is 0.0348. The van der Waals surface area contributed by atoms with Crippen LogP contribution in [0.2, 0.25) is 0 Å². The Hall–Kier alpha value is -2.19. The highest BCUT2D eigenvalue weighted by atomic mass is 16.5. The fourth-order valence-corrected chi connectivity index (χ4v) is 2.37. The summed E-state index contributed by atoms with van der Waals surface area (Å²) < 4.78 is 5.65. The van der Waals surface area contributed by atoms with E-state index in [1.54, 1.807) is 6.08 Å². The van der Waals surface area contributed by atoms with E-state index < -0.39 is 0 Å². The van der Waals surface area contributed by atoms with E-state index >= 15 is 0 Å². The third-order valence-electron chi connectivity index (χ3n) is 3.32. The van der Waals surface area contributed by atoms with Gasteiger partial charge in [0.25, 0.3) is 0 Å². The minimum atomic E-state index is 0.0348. The lowest BCUT2D eigenvalue weighted by atomic mass is 10.0. The average molecular weight is 294 g/mol. The van der Waals surface area contributed by atoms with Crippen molar-refractivity contribution >= 4 is 5.78 Å². The summed E-state index contributed by atoms with van der Waals surface area (Å²) in [6, 6.07) is 15.9. The molecule has 0 aliphatic carbocycles. The van der Waals surface area contributed by atoms with E-state index in [1.165, 1.54) is 0 Å². The number of ketones is 1. The van der Waals surface area contributed by atoms with Crippen molar-refractivity contribution in [3.63, 3.8) is 0 Å². The topological polar surface area (TPSA) is 26.3 Å². The Morgan fingerprint density at radius 3 is 2.32 bits per heavy atom. The number of hydrogen-bond acceptors (Lipinski definition) is 2. The summed E-state index contributed by atoms with van der Waals surface area (Å²) in [6.45, 7) is 6.95. The molecule has 114 valence electrons. The first kappa shape index (κ1) is 16.2. The summed E-state index contributed by atoms with van der Waals surface area (Å²) >= 11 is 0. The molecule has 0 heterocycles. The van der Waals surface area contributed by atoms with E-state index in [9.17, 15) is 4.79 Å². The molecule has 2 aromatic carbocycles. The van der Waals surface area contributed by atoms with Gasteiger partial charge in [0.15, 0.2) is 5.78 Å². The summed E-state index contributed by atoms with van der Waals surface area (Å²) in [6.07, 6.45) is 1.67. The molecule has 0 fully saturated rings. The van der Waals surface area contributed by atoms with Crippen LogP contribution in [0.15, 0.2) is 60.2 Å². The van der Waals surface area contributed by atoms with Crippen molar-refractivity contribution in [3.05, 3.63) is 82.4 Å². The van der Waals surface area contributed by atoms with Crippen molar-refractivity contribution in [1.82, 2.24) is 0 Å². The highest BCUT2D eigenvalue weighted by Gasteiger charge is 2.05. The molecule has 0 atom stereocenters. The highest BCUT2D eigenvalue weighted by molar-refractivity contribution is 6.05. The fraction of sp³-hybridized carbons (Fsp3) is 0.250. The number of carbonyl (C=O) groups excluding carboxylic acids is 1. The zero-order chi connectivity index (χ0) is 15.9. The van der Waals surface area contributed by atoms with Crippen molar-refractivity contribution < 1.29 is 9.53 Å². The van der Waals surface area contributed by atoms with Crippen LogP contribution in [0, 0.1) is 13.8 Å². The van der Waals surface area contributed by atoms with Crippen LogP contribution >= 0.6 is 0 Å². The Morgan fingerprint density at radius 1 is 1.05 bits per heavy atom. The largest absolute Gasteiger partial charge is 0.372 e. The molecule has 2 rings (SSSR count). The fourth-order valence-electron chi connectivity index (χ4n) is 2.37. The molecule has 0 radical (unpaired) electrons. The van der Waals surface area contributed by atoms with Gasteiger partial charge in [0.05, 0.1) is 13.2 Å². The second-order valence-corrected chi connectivity index (χ2v) is 5.71. The van der Waals surface area contributed by atoms with Crippen LogP contribution in [0.4, 0.5) is 0 Å². The number of ether oxygens (including phenoxy) is 1. The summed E-state index contributed by atoms with van der Waals surface area (Å²) in [5.41, 5.74) is 5.01. The van der Waals surface area contributed by atoms with Crippen LogP contribution in [-0.4, -0.2) is 12.4 Å². The molecule has 2 nitrogen and oxygen atoms in total. The summed E-state index contributed by atoms with van der Waals surface area (Å²) in [5, 5.41) is 0. The Bertz CT molecular complexity index is 649. The van der Waals surface area contributed by atoms with Crippen LogP contribution in [0.25, 0.3) is 0 Å². The van der Waals surface area contributed by atoms with Crippen molar-refractivity contribution in [1.29, 1.82) is 0 Å². The number of hydrogen-bond donors (Lipinski definition) is 0. The monoisotopic (exact) mass is 294 g/mol. The predicted molar refractivity (Wildman–Crippen MR) is 90.1 cm³/mol. The van der Waals surface area contributed by atoms with Gasteiger partial charge in [0.1, 0.15) is 0 Å². The molecule has 22 heavy (non-hydrogen) atoms. The van der Waals surface area contributed by atoms with Gasteiger partial charge in [-0.2, -0.15) is 0 Å². The Labute approximate surface area is 132 Å². The average Bonchev–Trinajstić information content (AvgIpc) is 2.47. The maximum atomic E-state index is 12.3. The van der Waals surface area contributed by atoms with Gasteiger partial charge in [0.2, 0.25) is 0 Å². The van der Waals surface area contributed by atoms with Gasteiger partial charge in [0, 0.05) is 5.56 Å². The normalized spacial score (nSPS) is 11.5. The summed E-state index contributed by atoms with van der Waals surface area (Å²) in [7, 11) is 0. The molecule has 2 aromatic rings. The van der Waals surface area contributed by atoms with Gasteiger partial charge in [-0.3, -0.25) is 4.79 Å². The molecule has 0 bridgehead atoms. The van der Waals surface area contributed by atoms with Gasteiger partial charge < -0.3 is 4.74 Å². The lowest BCUT2D eigenvalue weighted by molar-refractivity contribution is 0.104. The van der Waals surface area contributed by atoms with Crippen LogP contribution in [0.1, 0.15) is 34.0 Å². The molecular weight excluding hydrogens is 272 g/mol. The highest BCUT2D eigenvalue weighted by Crippen LogP contribution is 2.11. The number of aryl methyl sites for hydroxylation is 2. The third-order valence-corrected chi connectivity index (χ3v) is 3.32. The molecule has 0 N–H and O–H groups in total. The van der Waals surface area contributed by atoms with Gasteiger partial charge in [-0.25, -0.2) is 0 Å². The van der Waals surface area contributed by atoms with Crippen molar-refractivity contribution in [2.45, 2.75) is 27.4 Å². The number of carbonyl (C=O) groups is 1. The number of benzene rings is 2. The Balaban J connectivity index is 1.92. The molecule has 0 aromatic heterocycles. The zero-order valence-electron chi connectivity index (χ0n) is 13.4. The molecule has 0 aliphatic rings. The maximum Gasteiger partial charge on any atom is 0.185 e. The molecule has 0 saturated heterocycles. The molecule has 0 saturated carbocycles.